The Labute approximate surface area is 129 Å². The van der Waals surface area contributed by atoms with Crippen LogP contribution >= 0.6 is 0 Å². The summed E-state index contributed by atoms with van der Waals surface area (Å²) in [5, 5.41) is 0. The van der Waals surface area contributed by atoms with Gasteiger partial charge in [0.1, 0.15) is 18.0 Å². The molecule has 5 nitrogen and oxygen atoms in total. The Morgan fingerprint density at radius 3 is 2.82 bits per heavy atom. The highest BCUT2D eigenvalue weighted by atomic mass is 16.5. The number of para-hydroxylation sites is 1. The molecule has 5 heteroatoms. The number of anilines is 1. The predicted molar refractivity (Wildman–Crippen MR) is 83.5 cm³/mol. The van der Waals surface area contributed by atoms with E-state index < -0.39 is 0 Å². The number of carbonyl (C=O) groups excluding carboxylic acids is 1. The molecule has 0 saturated carbocycles. The molecule has 1 amide bonds. The monoisotopic (exact) mass is 298 g/mol. The zero-order chi connectivity index (χ0) is 15.5. The molecule has 0 saturated heterocycles. The number of ether oxygens (including phenoxy) is 2. The molecule has 0 bridgehead atoms. The summed E-state index contributed by atoms with van der Waals surface area (Å²) in [5.41, 5.74) is 2.75. The summed E-state index contributed by atoms with van der Waals surface area (Å²) in [6.45, 7) is 4.90. The fourth-order valence-corrected chi connectivity index (χ4v) is 2.55. The van der Waals surface area contributed by atoms with Crippen LogP contribution in [0.1, 0.15) is 11.1 Å². The van der Waals surface area contributed by atoms with Crippen molar-refractivity contribution in [2.75, 3.05) is 24.7 Å². The van der Waals surface area contributed by atoms with E-state index in [9.17, 15) is 4.79 Å². The van der Waals surface area contributed by atoms with Crippen LogP contribution in [-0.4, -0.2) is 30.6 Å². The molecule has 1 aliphatic heterocycles. The van der Waals surface area contributed by atoms with Gasteiger partial charge in [0.2, 0.25) is 5.88 Å². The Bertz CT molecular complexity index is 680. The van der Waals surface area contributed by atoms with Crippen LogP contribution < -0.4 is 14.4 Å². The zero-order valence-electron chi connectivity index (χ0n) is 12.7. The first-order chi connectivity index (χ1) is 10.7. The summed E-state index contributed by atoms with van der Waals surface area (Å²) in [6, 6.07) is 9.54. The molecule has 2 heterocycles. The fraction of sp³-hybridized carbons (Fsp3) is 0.294. The Hall–Kier alpha value is -2.56. The van der Waals surface area contributed by atoms with Gasteiger partial charge in [-0.1, -0.05) is 18.2 Å². The van der Waals surface area contributed by atoms with E-state index in [1.54, 1.807) is 17.2 Å². The lowest BCUT2D eigenvalue weighted by molar-refractivity contribution is -0.120. The molecule has 0 fully saturated rings. The number of aromatic nitrogens is 1. The SMILES string of the molecule is Cc1cccc(C)c1OCC(=O)N1CCOc2ncccc21. The maximum Gasteiger partial charge on any atom is 0.265 e. The summed E-state index contributed by atoms with van der Waals surface area (Å²) in [5.74, 6) is 1.17. The Kier molecular flexibility index (Phi) is 3.96. The Morgan fingerprint density at radius 1 is 1.27 bits per heavy atom. The molecule has 114 valence electrons. The molecule has 3 rings (SSSR count). The molecular weight excluding hydrogens is 280 g/mol. The van der Waals surface area contributed by atoms with Crippen LogP contribution in [0.25, 0.3) is 0 Å². The van der Waals surface area contributed by atoms with Crippen molar-refractivity contribution < 1.29 is 14.3 Å². The highest BCUT2D eigenvalue weighted by Crippen LogP contribution is 2.29. The second-order valence-electron chi connectivity index (χ2n) is 5.23. The molecule has 1 aromatic heterocycles. The molecule has 1 aliphatic rings. The van der Waals surface area contributed by atoms with Crippen molar-refractivity contribution in [3.05, 3.63) is 47.7 Å². The van der Waals surface area contributed by atoms with Gasteiger partial charge in [-0.25, -0.2) is 4.98 Å². The number of hydrogen-bond donors (Lipinski definition) is 0. The molecular formula is C17H18N2O3. The van der Waals surface area contributed by atoms with E-state index >= 15 is 0 Å². The normalized spacial score (nSPS) is 13.3. The molecule has 0 atom stereocenters. The van der Waals surface area contributed by atoms with Gasteiger partial charge < -0.3 is 14.4 Å². The summed E-state index contributed by atoms with van der Waals surface area (Å²) in [4.78, 5) is 18.3. The highest BCUT2D eigenvalue weighted by Gasteiger charge is 2.24. The molecule has 2 aromatic rings. The highest BCUT2D eigenvalue weighted by molar-refractivity contribution is 5.95. The number of carbonyl (C=O) groups is 1. The Balaban J connectivity index is 1.74. The quantitative estimate of drug-likeness (QED) is 0.873. The number of rotatable bonds is 3. The average molecular weight is 298 g/mol. The van der Waals surface area contributed by atoms with E-state index in [-0.39, 0.29) is 12.5 Å². The van der Waals surface area contributed by atoms with Gasteiger partial charge in [0.15, 0.2) is 6.61 Å². The largest absolute Gasteiger partial charge is 0.483 e. The van der Waals surface area contributed by atoms with Gasteiger partial charge >= 0.3 is 0 Å². The maximum absolute atomic E-state index is 12.5. The molecule has 0 spiro atoms. The summed E-state index contributed by atoms with van der Waals surface area (Å²) in [6.07, 6.45) is 1.65. The number of aryl methyl sites for hydroxylation is 2. The van der Waals surface area contributed by atoms with Crippen molar-refractivity contribution in [3.63, 3.8) is 0 Å². The van der Waals surface area contributed by atoms with E-state index in [1.165, 1.54) is 0 Å². The van der Waals surface area contributed by atoms with E-state index in [0.29, 0.717) is 24.7 Å². The fourth-order valence-electron chi connectivity index (χ4n) is 2.55. The molecule has 22 heavy (non-hydrogen) atoms. The Morgan fingerprint density at radius 2 is 2.05 bits per heavy atom. The van der Waals surface area contributed by atoms with Gasteiger partial charge in [0, 0.05) is 6.20 Å². The number of amides is 1. The number of fused-ring (bicyclic) bond motifs is 1. The lowest BCUT2D eigenvalue weighted by atomic mass is 10.1. The van der Waals surface area contributed by atoms with Crippen molar-refractivity contribution in [1.82, 2.24) is 4.98 Å². The topological polar surface area (TPSA) is 51.7 Å². The van der Waals surface area contributed by atoms with Gasteiger partial charge in [-0.2, -0.15) is 0 Å². The minimum absolute atomic E-state index is 0.0000274. The lowest BCUT2D eigenvalue weighted by Crippen LogP contribution is -2.41. The van der Waals surface area contributed by atoms with Crippen LogP contribution in [0.3, 0.4) is 0 Å². The molecule has 0 N–H and O–H groups in total. The van der Waals surface area contributed by atoms with Gasteiger partial charge in [-0.15, -0.1) is 0 Å². The number of benzene rings is 1. The standard InChI is InChI=1S/C17H18N2O3/c1-12-5-3-6-13(2)16(12)22-11-15(20)19-9-10-21-17-14(19)7-4-8-18-17/h3-8H,9-11H2,1-2H3. The van der Waals surface area contributed by atoms with Gasteiger partial charge in [-0.05, 0) is 37.1 Å². The van der Waals surface area contributed by atoms with Crippen LogP contribution in [0, 0.1) is 13.8 Å². The summed E-state index contributed by atoms with van der Waals surface area (Å²) in [7, 11) is 0. The van der Waals surface area contributed by atoms with E-state index in [2.05, 4.69) is 4.98 Å². The van der Waals surface area contributed by atoms with Crippen molar-refractivity contribution >= 4 is 11.6 Å². The summed E-state index contributed by atoms with van der Waals surface area (Å²) >= 11 is 0. The molecule has 1 aromatic carbocycles. The predicted octanol–water partition coefficient (Wildman–Crippen LogP) is 2.50. The van der Waals surface area contributed by atoms with Crippen molar-refractivity contribution in [3.8, 4) is 11.6 Å². The first kappa shape index (κ1) is 14.4. The third-order valence-electron chi connectivity index (χ3n) is 3.65. The third-order valence-corrected chi connectivity index (χ3v) is 3.65. The summed E-state index contributed by atoms with van der Waals surface area (Å²) < 4.78 is 11.2. The van der Waals surface area contributed by atoms with Crippen molar-refractivity contribution in [1.29, 1.82) is 0 Å². The third kappa shape index (κ3) is 2.74. The van der Waals surface area contributed by atoms with Crippen molar-refractivity contribution in [2.45, 2.75) is 13.8 Å². The van der Waals surface area contributed by atoms with Gasteiger partial charge in [0.05, 0.1) is 6.54 Å². The number of hydrogen-bond acceptors (Lipinski definition) is 4. The van der Waals surface area contributed by atoms with Crippen LogP contribution in [0.5, 0.6) is 11.6 Å². The lowest BCUT2D eigenvalue weighted by Gasteiger charge is -2.28. The van der Waals surface area contributed by atoms with E-state index in [4.69, 9.17) is 9.47 Å². The first-order valence-electron chi connectivity index (χ1n) is 7.24. The molecule has 0 aliphatic carbocycles. The molecule has 0 radical (unpaired) electrons. The van der Waals surface area contributed by atoms with E-state index in [0.717, 1.165) is 16.9 Å². The first-order valence-corrected chi connectivity index (χ1v) is 7.24. The maximum atomic E-state index is 12.5. The number of nitrogens with zero attached hydrogens (tertiary/aromatic N) is 2. The minimum atomic E-state index is -0.0970. The smallest absolute Gasteiger partial charge is 0.265 e. The van der Waals surface area contributed by atoms with Gasteiger partial charge in [-0.3, -0.25) is 4.79 Å². The second kappa shape index (κ2) is 6.05. The van der Waals surface area contributed by atoms with E-state index in [1.807, 2.05) is 38.1 Å². The number of pyridine rings is 1. The van der Waals surface area contributed by atoms with Crippen LogP contribution in [-0.2, 0) is 4.79 Å². The van der Waals surface area contributed by atoms with Gasteiger partial charge in [0.25, 0.3) is 5.91 Å². The minimum Gasteiger partial charge on any atom is -0.483 e. The van der Waals surface area contributed by atoms with Crippen molar-refractivity contribution in [2.24, 2.45) is 0 Å². The average Bonchev–Trinajstić information content (AvgIpc) is 2.53. The molecule has 0 unspecified atom stereocenters. The van der Waals surface area contributed by atoms with Crippen LogP contribution in [0.15, 0.2) is 36.5 Å². The zero-order valence-corrected chi connectivity index (χ0v) is 12.7. The van der Waals surface area contributed by atoms with Crippen LogP contribution in [0.2, 0.25) is 0 Å². The second-order valence-corrected chi connectivity index (χ2v) is 5.23. The van der Waals surface area contributed by atoms with Crippen LogP contribution in [0.4, 0.5) is 5.69 Å².